The van der Waals surface area contributed by atoms with Crippen LogP contribution in [0, 0.1) is 5.92 Å². The van der Waals surface area contributed by atoms with Gasteiger partial charge in [0, 0.05) is 51.2 Å². The van der Waals surface area contributed by atoms with Gasteiger partial charge in [-0.15, -0.1) is 0 Å². The van der Waals surface area contributed by atoms with Crippen LogP contribution in [0.5, 0.6) is 0 Å². The summed E-state index contributed by atoms with van der Waals surface area (Å²) in [6.07, 6.45) is 7.18. The number of hydrogen-bond donors (Lipinski definition) is 1. The summed E-state index contributed by atoms with van der Waals surface area (Å²) in [4.78, 5) is 13.5. The molecule has 1 N–H and O–H groups in total. The van der Waals surface area contributed by atoms with Crippen molar-refractivity contribution in [3.63, 3.8) is 0 Å². The third kappa shape index (κ3) is 2.87. The molecule has 3 rings (SSSR count). The Hall–Kier alpha value is -1.20. The zero-order chi connectivity index (χ0) is 13.1. The summed E-state index contributed by atoms with van der Waals surface area (Å²) >= 11 is 0. The Morgan fingerprint density at radius 2 is 1.95 bits per heavy atom. The molecule has 5 nitrogen and oxygen atoms in total. The van der Waals surface area contributed by atoms with E-state index in [2.05, 4.69) is 19.8 Å². The maximum atomic E-state index is 9.32. The standard InChI is InChI=1S/C14H22N4O/c19-11-12-2-3-13-4-7-17(8-9-18(13)10-12)14-15-5-1-6-16-14/h1,5-6,12-13,19H,2-4,7-11H2/t12-,13-/m1/s1. The van der Waals surface area contributed by atoms with E-state index in [0.29, 0.717) is 18.6 Å². The molecule has 0 amide bonds. The number of aliphatic hydroxyl groups excluding tert-OH is 1. The van der Waals surface area contributed by atoms with E-state index in [-0.39, 0.29) is 0 Å². The van der Waals surface area contributed by atoms with Crippen molar-refractivity contribution >= 4 is 5.95 Å². The number of hydrogen-bond acceptors (Lipinski definition) is 5. The van der Waals surface area contributed by atoms with Crippen LogP contribution in [0.2, 0.25) is 0 Å². The molecule has 0 saturated carbocycles. The highest BCUT2D eigenvalue weighted by Crippen LogP contribution is 2.26. The predicted octanol–water partition coefficient (Wildman–Crippen LogP) is 0.760. The van der Waals surface area contributed by atoms with Crippen molar-refractivity contribution in [1.82, 2.24) is 14.9 Å². The minimum Gasteiger partial charge on any atom is -0.396 e. The normalized spacial score (nSPS) is 28.8. The van der Waals surface area contributed by atoms with Gasteiger partial charge in [0.1, 0.15) is 0 Å². The van der Waals surface area contributed by atoms with Crippen LogP contribution >= 0.6 is 0 Å². The van der Waals surface area contributed by atoms with Gasteiger partial charge in [0.05, 0.1) is 0 Å². The van der Waals surface area contributed by atoms with Crippen LogP contribution in [0.3, 0.4) is 0 Å². The van der Waals surface area contributed by atoms with E-state index in [1.807, 2.05) is 18.5 Å². The number of nitrogens with zero attached hydrogens (tertiary/aromatic N) is 4. The fraction of sp³-hybridized carbons (Fsp3) is 0.714. The second-order valence-corrected chi connectivity index (χ2v) is 5.60. The highest BCUT2D eigenvalue weighted by atomic mass is 16.3. The van der Waals surface area contributed by atoms with Crippen molar-refractivity contribution in [1.29, 1.82) is 0 Å². The molecule has 0 aromatic carbocycles. The van der Waals surface area contributed by atoms with Crippen LogP contribution < -0.4 is 4.90 Å². The van der Waals surface area contributed by atoms with E-state index in [4.69, 9.17) is 0 Å². The number of aromatic nitrogens is 2. The van der Waals surface area contributed by atoms with Crippen molar-refractivity contribution in [3.8, 4) is 0 Å². The summed E-state index contributed by atoms with van der Waals surface area (Å²) in [5.41, 5.74) is 0. The fourth-order valence-corrected chi connectivity index (χ4v) is 3.25. The van der Waals surface area contributed by atoms with Crippen LogP contribution in [-0.2, 0) is 0 Å². The van der Waals surface area contributed by atoms with Gasteiger partial charge in [0.15, 0.2) is 0 Å². The SMILES string of the molecule is OC[C@@H]1CC[C@@H]2CCN(c3ncccn3)CCN2C1. The summed E-state index contributed by atoms with van der Waals surface area (Å²) in [7, 11) is 0. The van der Waals surface area contributed by atoms with Gasteiger partial charge in [0.2, 0.25) is 5.95 Å². The first-order valence-electron chi connectivity index (χ1n) is 7.23. The molecule has 5 heteroatoms. The lowest BCUT2D eigenvalue weighted by Crippen LogP contribution is -2.44. The van der Waals surface area contributed by atoms with Crippen molar-refractivity contribution in [3.05, 3.63) is 18.5 Å². The lowest BCUT2D eigenvalue weighted by atomic mass is 9.92. The van der Waals surface area contributed by atoms with Crippen molar-refractivity contribution in [2.24, 2.45) is 5.92 Å². The zero-order valence-corrected chi connectivity index (χ0v) is 11.3. The Morgan fingerprint density at radius 3 is 2.74 bits per heavy atom. The molecule has 19 heavy (non-hydrogen) atoms. The van der Waals surface area contributed by atoms with Crippen molar-refractivity contribution in [2.45, 2.75) is 25.3 Å². The molecule has 0 spiro atoms. The Labute approximate surface area is 114 Å². The molecule has 1 aromatic rings. The van der Waals surface area contributed by atoms with Gasteiger partial charge in [-0.25, -0.2) is 9.97 Å². The summed E-state index contributed by atoms with van der Waals surface area (Å²) < 4.78 is 0. The number of rotatable bonds is 2. The molecule has 3 heterocycles. The maximum Gasteiger partial charge on any atom is 0.225 e. The number of anilines is 1. The molecular weight excluding hydrogens is 240 g/mol. The molecule has 0 aliphatic carbocycles. The molecule has 0 radical (unpaired) electrons. The highest BCUT2D eigenvalue weighted by Gasteiger charge is 2.30. The Morgan fingerprint density at radius 1 is 1.11 bits per heavy atom. The zero-order valence-electron chi connectivity index (χ0n) is 11.3. The minimum absolute atomic E-state index is 0.328. The first-order valence-corrected chi connectivity index (χ1v) is 7.23. The van der Waals surface area contributed by atoms with E-state index >= 15 is 0 Å². The number of fused-ring (bicyclic) bond motifs is 1. The summed E-state index contributed by atoms with van der Waals surface area (Å²) in [5.74, 6) is 1.32. The van der Waals surface area contributed by atoms with E-state index < -0.39 is 0 Å². The van der Waals surface area contributed by atoms with Crippen LogP contribution in [0.15, 0.2) is 18.5 Å². The topological polar surface area (TPSA) is 52.5 Å². The molecule has 104 valence electrons. The predicted molar refractivity (Wildman–Crippen MR) is 74.0 cm³/mol. The molecule has 2 fully saturated rings. The van der Waals surface area contributed by atoms with E-state index in [1.165, 1.54) is 19.3 Å². The summed E-state index contributed by atoms with van der Waals surface area (Å²) in [6.45, 7) is 4.45. The summed E-state index contributed by atoms with van der Waals surface area (Å²) in [6, 6.07) is 2.53. The average molecular weight is 262 g/mol. The molecule has 2 aliphatic heterocycles. The van der Waals surface area contributed by atoms with E-state index in [0.717, 1.165) is 32.1 Å². The second kappa shape index (κ2) is 5.84. The van der Waals surface area contributed by atoms with E-state index in [9.17, 15) is 5.11 Å². The Bertz CT molecular complexity index is 400. The van der Waals surface area contributed by atoms with Gasteiger partial charge in [0.25, 0.3) is 0 Å². The lowest BCUT2D eigenvalue weighted by molar-refractivity contribution is 0.0804. The monoisotopic (exact) mass is 262 g/mol. The third-order valence-corrected chi connectivity index (χ3v) is 4.40. The summed E-state index contributed by atoms with van der Waals surface area (Å²) in [5, 5.41) is 9.32. The third-order valence-electron chi connectivity index (χ3n) is 4.40. The van der Waals surface area contributed by atoms with Gasteiger partial charge in [-0.2, -0.15) is 0 Å². The number of piperidine rings is 1. The first kappa shape index (κ1) is 12.8. The quantitative estimate of drug-likeness (QED) is 0.853. The Balaban J connectivity index is 1.66. The van der Waals surface area contributed by atoms with Crippen LogP contribution in [0.4, 0.5) is 5.95 Å². The van der Waals surface area contributed by atoms with Gasteiger partial charge in [-0.1, -0.05) is 0 Å². The molecule has 1 aromatic heterocycles. The molecule has 0 bridgehead atoms. The van der Waals surface area contributed by atoms with Gasteiger partial charge < -0.3 is 10.0 Å². The molecule has 2 saturated heterocycles. The smallest absolute Gasteiger partial charge is 0.225 e. The average Bonchev–Trinajstić information content (AvgIpc) is 2.70. The number of aliphatic hydroxyl groups is 1. The van der Waals surface area contributed by atoms with Gasteiger partial charge in [-0.05, 0) is 31.2 Å². The van der Waals surface area contributed by atoms with Crippen LogP contribution in [-0.4, -0.2) is 58.8 Å². The Kier molecular flexibility index (Phi) is 3.94. The second-order valence-electron chi connectivity index (χ2n) is 5.60. The van der Waals surface area contributed by atoms with Crippen LogP contribution in [0.1, 0.15) is 19.3 Å². The van der Waals surface area contributed by atoms with Crippen molar-refractivity contribution in [2.75, 3.05) is 37.7 Å². The minimum atomic E-state index is 0.328. The molecule has 0 unspecified atom stereocenters. The highest BCUT2D eigenvalue weighted by molar-refractivity contribution is 5.28. The lowest BCUT2D eigenvalue weighted by Gasteiger charge is -2.37. The van der Waals surface area contributed by atoms with Gasteiger partial charge >= 0.3 is 0 Å². The van der Waals surface area contributed by atoms with Crippen LogP contribution in [0.25, 0.3) is 0 Å². The molecular formula is C14H22N4O. The maximum absolute atomic E-state index is 9.32. The molecule has 2 atom stereocenters. The van der Waals surface area contributed by atoms with Gasteiger partial charge in [-0.3, -0.25) is 4.90 Å². The van der Waals surface area contributed by atoms with Crippen molar-refractivity contribution < 1.29 is 5.11 Å². The fourth-order valence-electron chi connectivity index (χ4n) is 3.25. The largest absolute Gasteiger partial charge is 0.396 e. The van der Waals surface area contributed by atoms with E-state index in [1.54, 1.807) is 0 Å². The molecule has 2 aliphatic rings. The first-order chi connectivity index (χ1) is 9.36.